The van der Waals surface area contributed by atoms with Crippen molar-refractivity contribution in [3.63, 3.8) is 0 Å². The Morgan fingerprint density at radius 3 is 2.83 bits per heavy atom. The highest BCUT2D eigenvalue weighted by molar-refractivity contribution is 7.98. The van der Waals surface area contributed by atoms with Gasteiger partial charge in [0.15, 0.2) is 0 Å². The maximum Gasteiger partial charge on any atom is 0.272 e. The summed E-state index contributed by atoms with van der Waals surface area (Å²) in [6, 6.07) is 9.67. The number of carbonyl (C=O) groups excluding carboxylic acids is 1. The van der Waals surface area contributed by atoms with Gasteiger partial charge in [-0.05, 0) is 31.4 Å². The van der Waals surface area contributed by atoms with Gasteiger partial charge in [0.2, 0.25) is 0 Å². The molecule has 0 bridgehead atoms. The van der Waals surface area contributed by atoms with E-state index in [1.54, 1.807) is 23.1 Å². The largest absolute Gasteiger partial charge is 0.346 e. The van der Waals surface area contributed by atoms with E-state index < -0.39 is 0 Å². The minimum Gasteiger partial charge on any atom is -0.346 e. The molecule has 1 N–H and O–H groups in total. The number of hydrogen-bond donors (Lipinski definition) is 1. The maximum atomic E-state index is 12.6. The predicted molar refractivity (Wildman–Crippen MR) is 97.4 cm³/mol. The van der Waals surface area contributed by atoms with E-state index >= 15 is 0 Å². The Morgan fingerprint density at radius 2 is 2.13 bits per heavy atom. The molecule has 118 valence electrons. The fourth-order valence-corrected chi connectivity index (χ4v) is 3.54. The summed E-state index contributed by atoms with van der Waals surface area (Å²) in [4.78, 5) is 18.1. The number of thioether (sulfide) groups is 1. The molecule has 0 saturated heterocycles. The van der Waals surface area contributed by atoms with Gasteiger partial charge in [-0.2, -0.15) is 0 Å². The fourth-order valence-electron chi connectivity index (χ4n) is 2.36. The number of nitrogens with zero attached hydrogens (tertiary/aromatic N) is 2. The molecule has 6 heteroatoms. The molecule has 1 aromatic carbocycles. The third-order valence-corrected chi connectivity index (χ3v) is 5.08. The van der Waals surface area contributed by atoms with Gasteiger partial charge in [0.1, 0.15) is 5.69 Å². The van der Waals surface area contributed by atoms with E-state index in [1.165, 1.54) is 0 Å². The van der Waals surface area contributed by atoms with Gasteiger partial charge >= 0.3 is 0 Å². The first-order valence-corrected chi connectivity index (χ1v) is 9.22. The molecule has 0 atom stereocenters. The zero-order valence-corrected chi connectivity index (χ0v) is 14.8. The summed E-state index contributed by atoms with van der Waals surface area (Å²) in [6.07, 6.45) is 3.93. The van der Waals surface area contributed by atoms with Gasteiger partial charge in [-0.25, -0.2) is 4.98 Å². The van der Waals surface area contributed by atoms with Gasteiger partial charge in [0.05, 0.1) is 16.4 Å². The maximum absolute atomic E-state index is 12.6. The predicted octanol–water partition coefficient (Wildman–Crippen LogP) is 4.43. The van der Waals surface area contributed by atoms with E-state index in [4.69, 9.17) is 0 Å². The van der Waals surface area contributed by atoms with Crippen molar-refractivity contribution in [2.24, 2.45) is 7.05 Å². The van der Waals surface area contributed by atoms with Gasteiger partial charge in [0.25, 0.3) is 5.91 Å². The SMILES string of the molecule is CSc1ccccc1NC(=O)c1cc(-c2csc(C)n2)cn1C. The molecule has 3 aromatic rings. The first kappa shape index (κ1) is 15.8. The van der Waals surface area contributed by atoms with Crippen molar-refractivity contribution in [3.8, 4) is 11.3 Å². The average Bonchev–Trinajstić information content (AvgIpc) is 3.13. The van der Waals surface area contributed by atoms with Crippen LogP contribution in [0.25, 0.3) is 11.3 Å². The highest BCUT2D eigenvalue weighted by atomic mass is 32.2. The monoisotopic (exact) mass is 343 g/mol. The Labute approximate surface area is 143 Å². The van der Waals surface area contributed by atoms with Gasteiger partial charge in [-0.1, -0.05) is 12.1 Å². The van der Waals surface area contributed by atoms with Gasteiger partial charge < -0.3 is 9.88 Å². The van der Waals surface area contributed by atoms with Gasteiger partial charge in [0, 0.05) is 29.1 Å². The molecular weight excluding hydrogens is 326 g/mol. The van der Waals surface area contributed by atoms with Crippen LogP contribution < -0.4 is 5.32 Å². The third-order valence-electron chi connectivity index (χ3n) is 3.51. The Hall–Kier alpha value is -2.05. The molecule has 23 heavy (non-hydrogen) atoms. The molecule has 0 unspecified atom stereocenters. The molecule has 4 nitrogen and oxygen atoms in total. The van der Waals surface area contributed by atoms with E-state index in [2.05, 4.69) is 10.3 Å². The number of anilines is 1. The normalized spacial score (nSPS) is 10.7. The van der Waals surface area contributed by atoms with Crippen LogP contribution in [0.5, 0.6) is 0 Å². The second kappa shape index (κ2) is 6.60. The summed E-state index contributed by atoms with van der Waals surface area (Å²) in [7, 11) is 1.87. The molecule has 0 radical (unpaired) electrons. The first-order valence-electron chi connectivity index (χ1n) is 7.11. The topological polar surface area (TPSA) is 46.9 Å². The minimum absolute atomic E-state index is 0.118. The summed E-state index contributed by atoms with van der Waals surface area (Å²) in [5.74, 6) is -0.118. The van der Waals surface area contributed by atoms with Crippen LogP contribution in [0, 0.1) is 6.92 Å². The molecule has 0 fully saturated rings. The number of hydrogen-bond acceptors (Lipinski definition) is 4. The van der Waals surface area contributed by atoms with Crippen LogP contribution in [0.15, 0.2) is 46.8 Å². The highest BCUT2D eigenvalue weighted by Gasteiger charge is 2.15. The van der Waals surface area contributed by atoms with Gasteiger partial charge in [-0.3, -0.25) is 4.79 Å². The second-order valence-electron chi connectivity index (χ2n) is 5.13. The molecule has 0 aliphatic heterocycles. The zero-order valence-electron chi connectivity index (χ0n) is 13.2. The number of para-hydroxylation sites is 1. The van der Waals surface area contributed by atoms with Crippen LogP contribution in [0.1, 0.15) is 15.5 Å². The Kier molecular flexibility index (Phi) is 4.54. The number of aryl methyl sites for hydroxylation is 2. The van der Waals surface area contributed by atoms with Crippen LogP contribution in [-0.4, -0.2) is 21.7 Å². The third kappa shape index (κ3) is 3.33. The van der Waals surface area contributed by atoms with Crippen molar-refractivity contribution in [2.75, 3.05) is 11.6 Å². The minimum atomic E-state index is -0.118. The zero-order chi connectivity index (χ0) is 16.4. The van der Waals surface area contributed by atoms with E-state index in [1.807, 2.05) is 66.7 Å². The Bertz CT molecular complexity index is 851. The van der Waals surface area contributed by atoms with E-state index in [0.717, 1.165) is 26.8 Å². The second-order valence-corrected chi connectivity index (χ2v) is 7.04. The molecular formula is C17H17N3OS2. The average molecular weight is 343 g/mol. The Balaban J connectivity index is 1.87. The standard InChI is InChI=1S/C17H17N3OS2/c1-11-18-14(10-23-11)12-8-15(20(2)9-12)17(21)19-13-6-4-5-7-16(13)22-3/h4-10H,1-3H3,(H,19,21). The van der Waals surface area contributed by atoms with Gasteiger partial charge in [-0.15, -0.1) is 23.1 Å². The number of benzene rings is 1. The van der Waals surface area contributed by atoms with Crippen molar-refractivity contribution < 1.29 is 4.79 Å². The summed E-state index contributed by atoms with van der Waals surface area (Å²) >= 11 is 3.22. The van der Waals surface area contributed by atoms with Crippen molar-refractivity contribution in [3.05, 3.63) is 52.6 Å². The smallest absolute Gasteiger partial charge is 0.272 e. The van der Waals surface area contributed by atoms with Crippen LogP contribution >= 0.6 is 23.1 Å². The lowest BCUT2D eigenvalue weighted by molar-refractivity contribution is 0.101. The molecule has 2 aromatic heterocycles. The lowest BCUT2D eigenvalue weighted by Gasteiger charge is -2.09. The summed E-state index contributed by atoms with van der Waals surface area (Å²) < 4.78 is 1.83. The van der Waals surface area contributed by atoms with Crippen molar-refractivity contribution in [1.29, 1.82) is 0 Å². The molecule has 1 amide bonds. The van der Waals surface area contributed by atoms with E-state index in [9.17, 15) is 4.79 Å². The summed E-state index contributed by atoms with van der Waals surface area (Å²) in [5, 5.41) is 6.02. The lowest BCUT2D eigenvalue weighted by atomic mass is 10.2. The van der Waals surface area contributed by atoms with E-state index in [0.29, 0.717) is 5.69 Å². The van der Waals surface area contributed by atoms with E-state index in [-0.39, 0.29) is 5.91 Å². The molecule has 3 rings (SSSR count). The number of thiazole rings is 1. The fraction of sp³-hybridized carbons (Fsp3) is 0.176. The number of amides is 1. The van der Waals surface area contributed by atoms with Crippen LogP contribution in [0.2, 0.25) is 0 Å². The lowest BCUT2D eigenvalue weighted by Crippen LogP contribution is -2.15. The first-order chi connectivity index (χ1) is 11.1. The number of nitrogens with one attached hydrogen (secondary N) is 1. The summed E-state index contributed by atoms with van der Waals surface area (Å²) in [5.41, 5.74) is 3.31. The number of carbonyl (C=O) groups is 1. The molecule has 0 spiro atoms. The van der Waals surface area contributed by atoms with Crippen molar-refractivity contribution in [1.82, 2.24) is 9.55 Å². The van der Waals surface area contributed by atoms with Crippen molar-refractivity contribution >= 4 is 34.7 Å². The van der Waals surface area contributed by atoms with Crippen molar-refractivity contribution in [2.45, 2.75) is 11.8 Å². The van der Waals surface area contributed by atoms with Crippen LogP contribution in [-0.2, 0) is 7.05 Å². The molecule has 0 saturated carbocycles. The molecule has 0 aliphatic rings. The van der Waals surface area contributed by atoms with Crippen LogP contribution in [0.4, 0.5) is 5.69 Å². The number of aromatic nitrogens is 2. The van der Waals surface area contributed by atoms with Crippen LogP contribution in [0.3, 0.4) is 0 Å². The molecule has 2 heterocycles. The summed E-state index contributed by atoms with van der Waals surface area (Å²) in [6.45, 7) is 1.98. The Morgan fingerprint density at radius 1 is 1.35 bits per heavy atom. The number of rotatable bonds is 4. The molecule has 0 aliphatic carbocycles. The highest BCUT2D eigenvalue weighted by Crippen LogP contribution is 2.27. The quantitative estimate of drug-likeness (QED) is 0.713.